The summed E-state index contributed by atoms with van der Waals surface area (Å²) in [5.74, 6) is -0.761. The van der Waals surface area contributed by atoms with Crippen LogP contribution in [0.15, 0.2) is 18.2 Å². The number of nitrogens with two attached hydrogens (primary N) is 1. The molecule has 1 aromatic heterocycles. The lowest BCUT2D eigenvalue weighted by molar-refractivity contribution is -0.137. The Bertz CT molecular complexity index is 580. The maximum Gasteiger partial charge on any atom is 0.416 e. The molecule has 102 valence electrons. The molecule has 2 aromatic rings. The first-order valence-corrected chi connectivity index (χ1v) is 6.13. The number of benzene rings is 1. The first-order chi connectivity index (χ1) is 8.91. The molecule has 0 spiro atoms. The van der Waals surface area contributed by atoms with Gasteiger partial charge in [0.2, 0.25) is 0 Å². The number of alkyl halides is 3. The van der Waals surface area contributed by atoms with E-state index < -0.39 is 17.6 Å². The summed E-state index contributed by atoms with van der Waals surface area (Å²) in [4.78, 5) is 0. The molecule has 8 heteroatoms. The van der Waals surface area contributed by atoms with E-state index >= 15 is 0 Å². The smallest absolute Gasteiger partial charge is 0.330 e. The van der Waals surface area contributed by atoms with E-state index in [4.69, 9.17) is 5.73 Å². The monoisotopic (exact) mass is 291 g/mol. The van der Waals surface area contributed by atoms with Crippen LogP contribution in [0.2, 0.25) is 0 Å². The van der Waals surface area contributed by atoms with E-state index in [1.165, 1.54) is 0 Å². The maximum atomic E-state index is 13.6. The van der Waals surface area contributed by atoms with Crippen molar-refractivity contribution in [2.75, 3.05) is 6.54 Å². The van der Waals surface area contributed by atoms with Crippen LogP contribution in [0.4, 0.5) is 17.6 Å². The van der Waals surface area contributed by atoms with Gasteiger partial charge >= 0.3 is 6.18 Å². The molecule has 0 bridgehead atoms. The van der Waals surface area contributed by atoms with Crippen molar-refractivity contribution in [3.63, 3.8) is 0 Å². The van der Waals surface area contributed by atoms with Crippen molar-refractivity contribution in [2.45, 2.75) is 12.6 Å². The molecule has 0 fully saturated rings. The van der Waals surface area contributed by atoms with E-state index in [0.717, 1.165) is 23.5 Å². The highest BCUT2D eigenvalue weighted by molar-refractivity contribution is 7.14. The Morgan fingerprint density at radius 2 is 1.95 bits per heavy atom. The van der Waals surface area contributed by atoms with E-state index in [9.17, 15) is 17.6 Å². The number of halogens is 4. The fourth-order valence-corrected chi connectivity index (χ4v) is 2.33. The molecule has 0 amide bonds. The zero-order valence-corrected chi connectivity index (χ0v) is 10.4. The third kappa shape index (κ3) is 3.07. The minimum absolute atomic E-state index is 0.118. The molecule has 2 N–H and O–H groups in total. The van der Waals surface area contributed by atoms with Crippen LogP contribution in [-0.4, -0.2) is 16.7 Å². The minimum Gasteiger partial charge on any atom is -0.330 e. The minimum atomic E-state index is -4.52. The van der Waals surface area contributed by atoms with E-state index in [1.807, 2.05) is 0 Å². The summed E-state index contributed by atoms with van der Waals surface area (Å²) >= 11 is 1.03. The van der Waals surface area contributed by atoms with Gasteiger partial charge < -0.3 is 5.73 Å². The average molecular weight is 291 g/mol. The third-order valence-electron chi connectivity index (χ3n) is 2.35. The van der Waals surface area contributed by atoms with Gasteiger partial charge in [-0.2, -0.15) is 13.2 Å². The second kappa shape index (κ2) is 5.22. The SMILES string of the molecule is NCCc1nnc(-c2cc(C(F)(F)F)ccc2F)s1. The van der Waals surface area contributed by atoms with Crippen LogP contribution in [0, 0.1) is 5.82 Å². The van der Waals surface area contributed by atoms with Gasteiger partial charge in [0, 0.05) is 12.0 Å². The third-order valence-corrected chi connectivity index (χ3v) is 3.37. The molecule has 0 aliphatic carbocycles. The molecule has 0 unspecified atom stereocenters. The molecule has 2 rings (SSSR count). The van der Waals surface area contributed by atoms with E-state index in [0.29, 0.717) is 24.0 Å². The Morgan fingerprint density at radius 1 is 1.21 bits per heavy atom. The highest BCUT2D eigenvalue weighted by Gasteiger charge is 2.31. The van der Waals surface area contributed by atoms with E-state index in [2.05, 4.69) is 10.2 Å². The van der Waals surface area contributed by atoms with Gasteiger partial charge in [0.25, 0.3) is 0 Å². The largest absolute Gasteiger partial charge is 0.416 e. The topological polar surface area (TPSA) is 51.8 Å². The highest BCUT2D eigenvalue weighted by atomic mass is 32.1. The molecule has 0 saturated heterocycles. The van der Waals surface area contributed by atoms with Crippen LogP contribution in [-0.2, 0) is 12.6 Å². The molecule has 0 saturated carbocycles. The fourth-order valence-electron chi connectivity index (χ4n) is 1.45. The van der Waals surface area contributed by atoms with Crippen LogP contribution >= 0.6 is 11.3 Å². The lowest BCUT2D eigenvalue weighted by Crippen LogP contribution is -2.05. The van der Waals surface area contributed by atoms with Gasteiger partial charge in [-0.25, -0.2) is 4.39 Å². The Labute approximate surface area is 110 Å². The highest BCUT2D eigenvalue weighted by Crippen LogP contribution is 2.34. The second-order valence-electron chi connectivity index (χ2n) is 3.73. The Hall–Kier alpha value is -1.54. The summed E-state index contributed by atoms with van der Waals surface area (Å²) < 4.78 is 51.3. The Kier molecular flexibility index (Phi) is 3.81. The zero-order valence-electron chi connectivity index (χ0n) is 9.54. The van der Waals surface area contributed by atoms with Crippen molar-refractivity contribution < 1.29 is 17.6 Å². The molecule has 0 aliphatic heterocycles. The van der Waals surface area contributed by atoms with Gasteiger partial charge in [-0.3, -0.25) is 0 Å². The number of nitrogens with zero attached hydrogens (tertiary/aromatic N) is 2. The number of rotatable bonds is 3. The summed E-state index contributed by atoms with van der Waals surface area (Å²) in [5, 5.41) is 8.13. The number of hydrogen-bond acceptors (Lipinski definition) is 4. The van der Waals surface area contributed by atoms with Gasteiger partial charge in [0.05, 0.1) is 5.56 Å². The van der Waals surface area contributed by atoms with Gasteiger partial charge in [0.15, 0.2) is 5.01 Å². The lowest BCUT2D eigenvalue weighted by atomic mass is 10.1. The normalized spacial score (nSPS) is 11.8. The number of aromatic nitrogens is 2. The first-order valence-electron chi connectivity index (χ1n) is 5.31. The van der Waals surface area contributed by atoms with Crippen molar-refractivity contribution in [3.8, 4) is 10.6 Å². The van der Waals surface area contributed by atoms with Crippen LogP contribution in [0.3, 0.4) is 0 Å². The summed E-state index contributed by atoms with van der Waals surface area (Å²) in [6.45, 7) is 0.347. The molecule has 0 radical (unpaired) electrons. The van der Waals surface area contributed by atoms with Gasteiger partial charge in [0.1, 0.15) is 10.8 Å². The maximum absolute atomic E-state index is 13.6. The molecule has 19 heavy (non-hydrogen) atoms. The van der Waals surface area contributed by atoms with Gasteiger partial charge in [-0.1, -0.05) is 11.3 Å². The molecule has 0 aliphatic rings. The Morgan fingerprint density at radius 3 is 2.58 bits per heavy atom. The van der Waals surface area contributed by atoms with Crippen LogP contribution in [0.25, 0.3) is 10.6 Å². The zero-order chi connectivity index (χ0) is 14.0. The van der Waals surface area contributed by atoms with Crippen molar-refractivity contribution in [1.29, 1.82) is 0 Å². The summed E-state index contributed by atoms with van der Waals surface area (Å²) in [6, 6.07) is 2.21. The second-order valence-corrected chi connectivity index (χ2v) is 4.79. The molecular weight excluding hydrogens is 282 g/mol. The van der Waals surface area contributed by atoms with E-state index in [-0.39, 0.29) is 10.6 Å². The van der Waals surface area contributed by atoms with Crippen LogP contribution in [0.1, 0.15) is 10.6 Å². The average Bonchev–Trinajstić information content (AvgIpc) is 2.77. The quantitative estimate of drug-likeness (QED) is 0.885. The predicted molar refractivity (Wildman–Crippen MR) is 63.1 cm³/mol. The van der Waals surface area contributed by atoms with Crippen LogP contribution in [0.5, 0.6) is 0 Å². The molecular formula is C11H9F4N3S. The van der Waals surface area contributed by atoms with Crippen molar-refractivity contribution in [2.24, 2.45) is 5.73 Å². The van der Waals surface area contributed by atoms with E-state index in [1.54, 1.807) is 0 Å². The first kappa shape index (κ1) is 13.9. The molecule has 1 heterocycles. The summed E-state index contributed by atoms with van der Waals surface area (Å²) in [6.07, 6.45) is -4.06. The summed E-state index contributed by atoms with van der Waals surface area (Å²) in [5.41, 5.74) is 4.22. The molecule has 0 atom stereocenters. The molecule has 1 aromatic carbocycles. The Balaban J connectivity index is 2.42. The number of hydrogen-bond donors (Lipinski definition) is 1. The van der Waals surface area contributed by atoms with Crippen LogP contribution < -0.4 is 5.73 Å². The lowest BCUT2D eigenvalue weighted by Gasteiger charge is -2.07. The predicted octanol–water partition coefficient (Wildman–Crippen LogP) is 2.86. The van der Waals surface area contributed by atoms with Crippen molar-refractivity contribution in [3.05, 3.63) is 34.6 Å². The van der Waals surface area contributed by atoms with Gasteiger partial charge in [-0.15, -0.1) is 10.2 Å². The fraction of sp³-hybridized carbons (Fsp3) is 0.273. The van der Waals surface area contributed by atoms with Crippen molar-refractivity contribution in [1.82, 2.24) is 10.2 Å². The summed E-state index contributed by atoms with van der Waals surface area (Å²) in [7, 11) is 0. The molecule has 3 nitrogen and oxygen atoms in total. The standard InChI is InChI=1S/C11H9F4N3S/c12-8-2-1-6(11(13,14)15)5-7(8)10-18-17-9(19-10)3-4-16/h1-2,5H,3-4,16H2. The van der Waals surface area contributed by atoms with Crippen molar-refractivity contribution >= 4 is 11.3 Å². The van der Waals surface area contributed by atoms with Gasteiger partial charge in [-0.05, 0) is 24.7 Å².